The maximum Gasteiger partial charge on any atom is 0.302 e. The summed E-state index contributed by atoms with van der Waals surface area (Å²) in [6, 6.07) is 14.5. The Kier molecular flexibility index (Phi) is 6.47. The number of para-hydroxylation sites is 1. The van der Waals surface area contributed by atoms with Crippen LogP contribution in [-0.2, 0) is 11.3 Å². The van der Waals surface area contributed by atoms with Gasteiger partial charge in [0, 0.05) is 23.4 Å². The van der Waals surface area contributed by atoms with Gasteiger partial charge in [0.2, 0.25) is 5.88 Å². The van der Waals surface area contributed by atoms with Crippen LogP contribution in [0.15, 0.2) is 52.7 Å². The number of rotatable bonds is 7. The number of unbranched alkanes of at least 4 members (excludes halogenated alkanes) is 1. The van der Waals surface area contributed by atoms with Crippen molar-refractivity contribution in [3.05, 3.63) is 53.1 Å². The first-order valence-electron chi connectivity index (χ1n) is 9.02. The molecule has 0 spiro atoms. The Balaban J connectivity index is 1.75. The summed E-state index contributed by atoms with van der Waals surface area (Å²) in [5.41, 5.74) is 1.82. The smallest absolute Gasteiger partial charge is 0.302 e. The number of benzene rings is 2. The van der Waals surface area contributed by atoms with Crippen LogP contribution in [0, 0.1) is 18.3 Å². The van der Waals surface area contributed by atoms with Crippen molar-refractivity contribution in [2.75, 3.05) is 6.61 Å². The number of carbonyl (C=O) groups is 1. The molecule has 1 heterocycles. The van der Waals surface area contributed by atoms with E-state index in [4.69, 9.17) is 21.6 Å². The summed E-state index contributed by atoms with van der Waals surface area (Å²) < 4.78 is 7.09. The molecule has 0 aliphatic carbocycles. The van der Waals surface area contributed by atoms with Gasteiger partial charge in [-0.1, -0.05) is 29.8 Å². The molecule has 8 heteroatoms. The highest BCUT2D eigenvalue weighted by atomic mass is 35.5. The Morgan fingerprint density at radius 1 is 1.31 bits per heavy atom. The van der Waals surface area contributed by atoms with E-state index in [0.717, 1.165) is 11.1 Å². The molecule has 3 aromatic rings. The van der Waals surface area contributed by atoms with E-state index in [2.05, 4.69) is 16.3 Å². The van der Waals surface area contributed by atoms with Crippen molar-refractivity contribution in [2.45, 2.75) is 26.3 Å². The van der Waals surface area contributed by atoms with Crippen molar-refractivity contribution in [2.24, 2.45) is 10.2 Å². The number of carbonyl (C=O) groups excluding carboxylic acids is 1. The van der Waals surface area contributed by atoms with Crippen LogP contribution in [0.25, 0.3) is 10.9 Å². The van der Waals surface area contributed by atoms with Gasteiger partial charge in [0.15, 0.2) is 12.3 Å². The molecular formula is C21H19ClN4O3. The fourth-order valence-electron chi connectivity index (χ4n) is 2.90. The summed E-state index contributed by atoms with van der Waals surface area (Å²) in [4.78, 5) is 12.1. The van der Waals surface area contributed by atoms with Crippen LogP contribution in [0.2, 0.25) is 5.02 Å². The molecule has 0 atom stereocenters. The number of aromatic nitrogens is 1. The van der Waals surface area contributed by atoms with Crippen molar-refractivity contribution in [1.29, 1.82) is 5.26 Å². The fraction of sp³-hybridized carbons (Fsp3) is 0.238. The number of aryl methyl sites for hydroxylation is 2. The van der Waals surface area contributed by atoms with Gasteiger partial charge in [-0.3, -0.25) is 4.79 Å². The molecule has 0 saturated heterocycles. The maximum atomic E-state index is 12.1. The molecule has 29 heavy (non-hydrogen) atoms. The van der Waals surface area contributed by atoms with Gasteiger partial charge >= 0.3 is 5.91 Å². The van der Waals surface area contributed by atoms with Crippen LogP contribution in [-0.4, -0.2) is 22.2 Å². The lowest BCUT2D eigenvalue weighted by Crippen LogP contribution is -2.07. The second kappa shape index (κ2) is 9.22. The predicted molar refractivity (Wildman–Crippen MR) is 110 cm³/mol. The Labute approximate surface area is 172 Å². The number of hydrogen-bond donors (Lipinski definition) is 1. The molecule has 0 saturated carbocycles. The average molecular weight is 411 g/mol. The SMILES string of the molecule is Cc1cc(OCC(=O)N=Nc2c(O)n(CCCC#N)c3ccccc23)ccc1Cl. The fourth-order valence-corrected chi connectivity index (χ4v) is 3.02. The van der Waals surface area contributed by atoms with E-state index in [1.165, 1.54) is 0 Å². The van der Waals surface area contributed by atoms with E-state index in [-0.39, 0.29) is 18.2 Å². The molecule has 0 bridgehead atoms. The molecular weight excluding hydrogens is 392 g/mol. The van der Waals surface area contributed by atoms with Gasteiger partial charge in [-0.25, -0.2) is 0 Å². The first-order valence-corrected chi connectivity index (χ1v) is 9.39. The number of nitrogens with zero attached hydrogens (tertiary/aromatic N) is 4. The van der Waals surface area contributed by atoms with E-state index < -0.39 is 5.91 Å². The summed E-state index contributed by atoms with van der Waals surface area (Å²) in [6.07, 6.45) is 0.968. The summed E-state index contributed by atoms with van der Waals surface area (Å²) in [5.74, 6) is -0.166. The number of nitriles is 1. The largest absolute Gasteiger partial charge is 0.493 e. The van der Waals surface area contributed by atoms with Gasteiger partial charge in [-0.05, 0) is 43.2 Å². The lowest BCUT2D eigenvalue weighted by Gasteiger charge is -2.05. The van der Waals surface area contributed by atoms with Gasteiger partial charge in [0.1, 0.15) is 5.75 Å². The number of ether oxygens (including phenoxy) is 1. The highest BCUT2D eigenvalue weighted by molar-refractivity contribution is 6.31. The van der Waals surface area contributed by atoms with Crippen molar-refractivity contribution >= 4 is 34.1 Å². The Hall–Kier alpha value is -3.37. The zero-order chi connectivity index (χ0) is 20.8. The molecule has 0 aliphatic heterocycles. The number of amides is 1. The summed E-state index contributed by atoms with van der Waals surface area (Å²) in [6.45, 7) is 2.01. The molecule has 2 aromatic carbocycles. The highest BCUT2D eigenvalue weighted by Crippen LogP contribution is 2.39. The van der Waals surface area contributed by atoms with Gasteiger partial charge in [0.05, 0.1) is 11.6 Å². The second-order valence-electron chi connectivity index (χ2n) is 6.40. The highest BCUT2D eigenvalue weighted by Gasteiger charge is 2.16. The van der Waals surface area contributed by atoms with Gasteiger partial charge in [-0.2, -0.15) is 5.26 Å². The van der Waals surface area contributed by atoms with E-state index >= 15 is 0 Å². The maximum absolute atomic E-state index is 12.1. The minimum Gasteiger partial charge on any atom is -0.493 e. The number of hydrogen-bond acceptors (Lipinski definition) is 5. The summed E-state index contributed by atoms with van der Waals surface area (Å²) >= 11 is 5.97. The van der Waals surface area contributed by atoms with E-state index in [1.54, 1.807) is 28.8 Å². The van der Waals surface area contributed by atoms with Crippen LogP contribution in [0.3, 0.4) is 0 Å². The first-order chi connectivity index (χ1) is 14.0. The molecule has 7 nitrogen and oxygen atoms in total. The normalized spacial score (nSPS) is 11.1. The average Bonchev–Trinajstić information content (AvgIpc) is 2.99. The Bertz CT molecular complexity index is 1120. The third-order valence-corrected chi connectivity index (χ3v) is 4.77. The predicted octanol–water partition coefficient (Wildman–Crippen LogP) is 5.30. The monoisotopic (exact) mass is 410 g/mol. The number of aromatic hydroxyl groups is 1. The van der Waals surface area contributed by atoms with Crippen LogP contribution in [0.5, 0.6) is 11.6 Å². The van der Waals surface area contributed by atoms with Crippen molar-refractivity contribution in [1.82, 2.24) is 4.57 Å². The molecule has 3 rings (SSSR count). The van der Waals surface area contributed by atoms with E-state index in [0.29, 0.717) is 35.5 Å². The number of fused-ring (bicyclic) bond motifs is 1. The molecule has 1 aromatic heterocycles. The second-order valence-corrected chi connectivity index (χ2v) is 6.80. The first kappa shape index (κ1) is 20.4. The van der Waals surface area contributed by atoms with Crippen LogP contribution < -0.4 is 4.74 Å². The molecule has 0 aliphatic rings. The zero-order valence-corrected chi connectivity index (χ0v) is 16.6. The molecule has 0 fully saturated rings. The van der Waals surface area contributed by atoms with Gasteiger partial charge in [0.25, 0.3) is 0 Å². The quantitative estimate of drug-likeness (QED) is 0.421. The number of halogens is 1. The molecule has 1 N–H and O–H groups in total. The van der Waals surface area contributed by atoms with Gasteiger partial charge in [-0.15, -0.1) is 10.2 Å². The molecule has 1 amide bonds. The lowest BCUT2D eigenvalue weighted by molar-refractivity contribution is -0.120. The third-order valence-electron chi connectivity index (χ3n) is 4.34. The standard InChI is InChI=1S/C21H19ClN4O3/c1-14-12-15(8-9-17(14)22)29-13-19(27)24-25-20-16-6-2-3-7-18(16)26(21(20)28)11-5-4-10-23/h2-3,6-9,12,28H,4-5,11,13H2,1H3. The van der Waals surface area contributed by atoms with Crippen LogP contribution in [0.1, 0.15) is 18.4 Å². The molecule has 0 radical (unpaired) electrons. The topological polar surface area (TPSA) is 100.0 Å². The van der Waals surface area contributed by atoms with Crippen LogP contribution in [0.4, 0.5) is 5.69 Å². The van der Waals surface area contributed by atoms with Crippen molar-refractivity contribution in [3.8, 4) is 17.7 Å². The van der Waals surface area contributed by atoms with Gasteiger partial charge < -0.3 is 14.4 Å². The summed E-state index contributed by atoms with van der Waals surface area (Å²) in [7, 11) is 0. The zero-order valence-electron chi connectivity index (χ0n) is 15.8. The Morgan fingerprint density at radius 2 is 2.10 bits per heavy atom. The van der Waals surface area contributed by atoms with Crippen LogP contribution >= 0.6 is 11.6 Å². The van der Waals surface area contributed by atoms with E-state index in [9.17, 15) is 9.90 Å². The summed E-state index contributed by atoms with van der Waals surface area (Å²) in [5, 5.41) is 28.2. The van der Waals surface area contributed by atoms with E-state index in [1.807, 2.05) is 25.1 Å². The van der Waals surface area contributed by atoms with Crippen molar-refractivity contribution in [3.63, 3.8) is 0 Å². The molecule has 0 unspecified atom stereocenters. The van der Waals surface area contributed by atoms with Crippen molar-refractivity contribution < 1.29 is 14.6 Å². The third kappa shape index (κ3) is 4.73. The minimum atomic E-state index is -0.585. The minimum absolute atomic E-state index is 0.0880. The lowest BCUT2D eigenvalue weighted by atomic mass is 10.2. The number of azo groups is 1. The molecule has 148 valence electrons. The Morgan fingerprint density at radius 3 is 2.86 bits per heavy atom.